The fraction of sp³-hybridized carbons (Fsp3) is 0.250. The third-order valence-electron chi connectivity index (χ3n) is 1.69. The van der Waals surface area contributed by atoms with Gasteiger partial charge in [0.25, 0.3) is 0 Å². The van der Waals surface area contributed by atoms with E-state index in [4.69, 9.17) is 11.5 Å². The zero-order valence-electron chi connectivity index (χ0n) is 7.13. The van der Waals surface area contributed by atoms with Crippen LogP contribution >= 0.6 is 0 Å². The number of nitrogens with two attached hydrogens (primary N) is 2. The van der Waals surface area contributed by atoms with Gasteiger partial charge in [-0.2, -0.15) is 0 Å². The van der Waals surface area contributed by atoms with Crippen molar-refractivity contribution in [2.24, 2.45) is 0 Å². The van der Waals surface area contributed by atoms with Gasteiger partial charge in [0, 0.05) is 11.2 Å². The summed E-state index contributed by atoms with van der Waals surface area (Å²) in [6.07, 6.45) is 1.62. The van der Waals surface area contributed by atoms with Gasteiger partial charge in [-0.15, -0.1) is 0 Å². The Morgan fingerprint density at radius 3 is 2.25 bits per heavy atom. The minimum absolute atomic E-state index is 0.491. The molecule has 12 heavy (non-hydrogen) atoms. The summed E-state index contributed by atoms with van der Waals surface area (Å²) in [7, 11) is -0.995. The highest BCUT2D eigenvalue weighted by atomic mass is 32.2. The zero-order valence-corrected chi connectivity index (χ0v) is 7.94. The summed E-state index contributed by atoms with van der Waals surface area (Å²) in [5.74, 6) is 0. The molecule has 0 fully saturated rings. The van der Waals surface area contributed by atoms with Crippen LogP contribution < -0.4 is 11.5 Å². The van der Waals surface area contributed by atoms with Crippen LogP contribution in [-0.4, -0.2) is 10.5 Å². The van der Waals surface area contributed by atoms with E-state index in [9.17, 15) is 4.21 Å². The lowest BCUT2D eigenvalue weighted by atomic mass is 10.2. The number of hydrogen-bond acceptors (Lipinski definition) is 3. The number of benzene rings is 1. The van der Waals surface area contributed by atoms with Crippen LogP contribution in [0.3, 0.4) is 0 Å². The molecule has 0 aliphatic heterocycles. The van der Waals surface area contributed by atoms with E-state index in [2.05, 4.69) is 0 Å². The van der Waals surface area contributed by atoms with Crippen molar-refractivity contribution < 1.29 is 4.21 Å². The molecule has 0 aliphatic rings. The molecule has 0 bridgehead atoms. The molecule has 0 aliphatic carbocycles. The molecule has 0 aromatic heterocycles. The van der Waals surface area contributed by atoms with E-state index >= 15 is 0 Å². The van der Waals surface area contributed by atoms with Crippen LogP contribution in [0.5, 0.6) is 0 Å². The van der Waals surface area contributed by atoms with Gasteiger partial charge < -0.3 is 11.5 Å². The summed E-state index contributed by atoms with van der Waals surface area (Å²) >= 11 is 0. The topological polar surface area (TPSA) is 69.1 Å². The molecular weight excluding hydrogens is 172 g/mol. The van der Waals surface area contributed by atoms with Gasteiger partial charge >= 0.3 is 0 Å². The molecule has 1 atom stereocenters. The van der Waals surface area contributed by atoms with Crippen LogP contribution in [0.25, 0.3) is 0 Å². The Bertz CT molecular complexity index is 336. The van der Waals surface area contributed by atoms with E-state index < -0.39 is 10.8 Å². The summed E-state index contributed by atoms with van der Waals surface area (Å²) in [6.45, 7) is 1.87. The summed E-state index contributed by atoms with van der Waals surface area (Å²) < 4.78 is 11.1. The van der Waals surface area contributed by atoms with Crippen molar-refractivity contribution in [3.63, 3.8) is 0 Å². The van der Waals surface area contributed by atoms with Crippen molar-refractivity contribution in [3.05, 3.63) is 17.7 Å². The molecule has 0 radical (unpaired) electrons. The highest BCUT2D eigenvalue weighted by molar-refractivity contribution is 7.84. The SMILES string of the molecule is Cc1cc(N)c(N)cc1S(C)=O. The van der Waals surface area contributed by atoms with E-state index in [1.54, 1.807) is 18.4 Å². The Balaban J connectivity index is 3.33. The van der Waals surface area contributed by atoms with E-state index in [0.29, 0.717) is 11.4 Å². The normalized spacial score (nSPS) is 12.8. The molecule has 1 aromatic rings. The van der Waals surface area contributed by atoms with Gasteiger partial charge in [-0.25, -0.2) is 0 Å². The minimum atomic E-state index is -0.995. The van der Waals surface area contributed by atoms with Crippen LogP contribution in [0.1, 0.15) is 5.56 Å². The first-order valence-corrected chi connectivity index (χ1v) is 5.07. The molecule has 4 N–H and O–H groups in total. The monoisotopic (exact) mass is 184 g/mol. The molecule has 1 rings (SSSR count). The number of nitrogen functional groups attached to an aromatic ring is 2. The van der Waals surface area contributed by atoms with Crippen LogP contribution in [-0.2, 0) is 10.8 Å². The third kappa shape index (κ3) is 1.58. The van der Waals surface area contributed by atoms with Gasteiger partial charge in [-0.1, -0.05) is 0 Å². The van der Waals surface area contributed by atoms with Gasteiger partial charge in [0.1, 0.15) is 0 Å². The van der Waals surface area contributed by atoms with E-state index in [-0.39, 0.29) is 0 Å². The molecule has 1 aromatic carbocycles. The summed E-state index contributed by atoms with van der Waals surface area (Å²) in [4.78, 5) is 0.752. The molecule has 3 nitrogen and oxygen atoms in total. The van der Waals surface area contributed by atoms with Crippen molar-refractivity contribution in [1.82, 2.24) is 0 Å². The van der Waals surface area contributed by atoms with Crippen molar-refractivity contribution >= 4 is 22.2 Å². The Morgan fingerprint density at radius 1 is 1.25 bits per heavy atom. The smallest absolute Gasteiger partial charge is 0.0560 e. The minimum Gasteiger partial charge on any atom is -0.397 e. The van der Waals surface area contributed by atoms with Crippen LogP contribution in [0, 0.1) is 6.92 Å². The first-order valence-electron chi connectivity index (χ1n) is 3.51. The molecule has 0 saturated heterocycles. The van der Waals surface area contributed by atoms with E-state index in [0.717, 1.165) is 10.5 Å². The number of aryl methyl sites for hydroxylation is 1. The average Bonchev–Trinajstić information content (AvgIpc) is 1.96. The Morgan fingerprint density at radius 2 is 1.75 bits per heavy atom. The second-order valence-corrected chi connectivity index (χ2v) is 4.05. The maximum absolute atomic E-state index is 11.1. The van der Waals surface area contributed by atoms with Crippen molar-refractivity contribution in [2.45, 2.75) is 11.8 Å². The van der Waals surface area contributed by atoms with Gasteiger partial charge in [0.05, 0.1) is 22.2 Å². The fourth-order valence-corrected chi connectivity index (χ4v) is 1.84. The predicted molar refractivity (Wildman–Crippen MR) is 52.3 cm³/mol. The first kappa shape index (κ1) is 9.06. The summed E-state index contributed by atoms with van der Waals surface area (Å²) in [5, 5.41) is 0. The van der Waals surface area contributed by atoms with Gasteiger partial charge in [0.15, 0.2) is 0 Å². The average molecular weight is 184 g/mol. The Kier molecular flexibility index (Phi) is 2.38. The predicted octanol–water partition coefficient (Wildman–Crippen LogP) is 0.897. The van der Waals surface area contributed by atoms with Crippen LogP contribution in [0.2, 0.25) is 0 Å². The van der Waals surface area contributed by atoms with Crippen LogP contribution in [0.15, 0.2) is 17.0 Å². The highest BCUT2D eigenvalue weighted by Crippen LogP contribution is 2.22. The quantitative estimate of drug-likeness (QED) is 0.637. The Labute approximate surface area is 74.2 Å². The van der Waals surface area contributed by atoms with E-state index in [1.807, 2.05) is 6.92 Å². The Hall–Kier alpha value is -1.03. The second-order valence-electron chi connectivity index (χ2n) is 2.70. The lowest BCUT2D eigenvalue weighted by molar-refractivity contribution is 0.686. The van der Waals surface area contributed by atoms with E-state index in [1.165, 1.54) is 0 Å². The number of anilines is 2. The zero-order chi connectivity index (χ0) is 9.30. The number of hydrogen-bond donors (Lipinski definition) is 2. The molecule has 1 unspecified atom stereocenters. The van der Waals surface area contributed by atoms with Crippen molar-refractivity contribution in [1.29, 1.82) is 0 Å². The maximum atomic E-state index is 11.1. The second kappa shape index (κ2) is 3.15. The lowest BCUT2D eigenvalue weighted by Crippen LogP contribution is -1.99. The number of rotatable bonds is 1. The van der Waals surface area contributed by atoms with Gasteiger partial charge in [-0.05, 0) is 24.6 Å². The lowest BCUT2D eigenvalue weighted by Gasteiger charge is -2.06. The molecular formula is C8H12N2OS. The largest absolute Gasteiger partial charge is 0.397 e. The fourth-order valence-electron chi connectivity index (χ4n) is 1.04. The van der Waals surface area contributed by atoms with Gasteiger partial charge in [-0.3, -0.25) is 4.21 Å². The van der Waals surface area contributed by atoms with Crippen molar-refractivity contribution in [3.8, 4) is 0 Å². The summed E-state index contributed by atoms with van der Waals surface area (Å²) in [5.41, 5.74) is 13.1. The molecule has 66 valence electrons. The summed E-state index contributed by atoms with van der Waals surface area (Å²) in [6, 6.07) is 3.41. The molecule has 0 saturated carbocycles. The maximum Gasteiger partial charge on any atom is 0.0560 e. The van der Waals surface area contributed by atoms with Crippen molar-refractivity contribution in [2.75, 3.05) is 17.7 Å². The highest BCUT2D eigenvalue weighted by Gasteiger charge is 2.05. The third-order valence-corrected chi connectivity index (χ3v) is 2.75. The molecule has 0 heterocycles. The molecule has 0 amide bonds. The van der Waals surface area contributed by atoms with Gasteiger partial charge in [0.2, 0.25) is 0 Å². The molecule has 0 spiro atoms. The first-order chi connectivity index (χ1) is 5.52. The van der Waals surface area contributed by atoms with Crippen LogP contribution in [0.4, 0.5) is 11.4 Å². The standard InChI is InChI=1S/C8H12N2OS/c1-5-3-6(9)7(10)4-8(5)12(2)11/h3-4H,9-10H2,1-2H3. The molecule has 4 heteroatoms.